The first-order valence-corrected chi connectivity index (χ1v) is 39.9. The monoisotopic (exact) mass is 1520 g/mol. The first-order valence-electron chi connectivity index (χ1n) is 38.1. The van der Waals surface area contributed by atoms with Gasteiger partial charge >= 0.3 is 24.1 Å². The van der Waals surface area contributed by atoms with E-state index in [0.29, 0.717) is 76.6 Å². The van der Waals surface area contributed by atoms with Crippen molar-refractivity contribution in [3.8, 4) is 40.0 Å². The number of aryl methyl sites for hydroxylation is 1. The zero-order valence-corrected chi connectivity index (χ0v) is 63.7. The van der Waals surface area contributed by atoms with Crippen molar-refractivity contribution in [2.45, 2.75) is 228 Å². The highest BCUT2D eigenvalue weighted by Gasteiger charge is 2.63. The highest BCUT2D eigenvalue weighted by molar-refractivity contribution is 7.14. The molecule has 14 rings (SSSR count). The number of amides is 6. The number of nitrogens with zero attached hydrogens (tertiary/aromatic N) is 7. The van der Waals surface area contributed by atoms with Crippen LogP contribution in [0.2, 0.25) is 0 Å². The molecule has 4 aliphatic carbocycles. The van der Waals surface area contributed by atoms with Crippen molar-refractivity contribution in [3.63, 3.8) is 0 Å². The Balaban J connectivity index is 0.000000191. The van der Waals surface area contributed by atoms with E-state index in [2.05, 4.69) is 26.6 Å². The predicted octanol–water partition coefficient (Wildman–Crippen LogP) is 11.7. The summed E-state index contributed by atoms with van der Waals surface area (Å²) in [6.45, 7) is 6.16. The van der Waals surface area contributed by atoms with Gasteiger partial charge in [-0.25, -0.2) is 39.1 Å². The lowest BCUT2D eigenvalue weighted by atomic mass is 10.0. The number of carboxylic acids is 2. The second-order valence-corrected chi connectivity index (χ2v) is 32.1. The van der Waals surface area contributed by atoms with E-state index in [1.165, 1.54) is 32.5 Å². The second kappa shape index (κ2) is 33.5. The molecule has 6 fully saturated rings. The molecule has 4 aliphatic heterocycles. The van der Waals surface area contributed by atoms with Crippen LogP contribution in [-0.2, 0) is 38.2 Å². The minimum absolute atomic E-state index is 0.0324. The standard InChI is InChI=1S/C40H50N6O8S.C39H48N6O7S/c1-23(2)41-38-43-32(22-55-38)31-19-34(28-16-15-26(52-3)17-30(28)42-31)53-27-18-33-35(47)45-40(37(49)50)20-24(40)11-7-5-4-6-8-14-29(36(48)46(33)21-27)44-39(51)54-25-12-9-10-13-25;1-23-15-16-27-29(17-23)40-30(31-22-53-37(41-31)44(2)3)19-33(27)51-26-18-32-34(46)43-39(36(48)49)20-24(39)11-7-5-4-6-8-14-28(35(47)45(32)21-26)42-38(50)52-25-12-9-10-13-25/h7,11,15-17,19,22-25,27,29,33H,4-6,8-10,12-14,18,20-21H2,1-3H3,(H,41,43)(H,44,51)(H,45,47)(H,49,50);7,11,15-17,19,22,24-26,28,32H,4-6,8-10,12-14,18,20-21H2,1-3H3,(H,42,50)(H,43,46)(H,48,49)/b2*11-7-/t24-,27-,29+,33+,40-;24-,26-,28+,32+,39-/m11/s1. The third-order valence-corrected chi connectivity index (χ3v) is 23.6. The van der Waals surface area contributed by atoms with Crippen molar-refractivity contribution in [1.29, 1.82) is 0 Å². The van der Waals surface area contributed by atoms with Gasteiger partial charge in [-0.1, -0.05) is 56.1 Å². The predicted molar refractivity (Wildman–Crippen MR) is 408 cm³/mol. The summed E-state index contributed by atoms with van der Waals surface area (Å²) in [5, 5.41) is 42.1. The lowest BCUT2D eigenvalue weighted by molar-refractivity contribution is -0.146. The van der Waals surface area contributed by atoms with Crippen molar-refractivity contribution in [1.82, 2.24) is 51.0 Å². The molecule has 2 aromatic carbocycles. The maximum Gasteiger partial charge on any atom is 0.408 e. The maximum absolute atomic E-state index is 14.5. The summed E-state index contributed by atoms with van der Waals surface area (Å²) in [5.74, 6) is -3.25. The number of hydrogen-bond donors (Lipinski definition) is 7. The molecule has 10 atom stereocenters. The molecule has 108 heavy (non-hydrogen) atoms. The normalized spacial score (nSPS) is 26.9. The van der Waals surface area contributed by atoms with Crippen LogP contribution >= 0.6 is 22.7 Å². The molecule has 7 N–H and O–H groups in total. The van der Waals surface area contributed by atoms with Gasteiger partial charge in [0.25, 0.3) is 0 Å². The summed E-state index contributed by atoms with van der Waals surface area (Å²) < 4.78 is 30.3. The van der Waals surface area contributed by atoms with Gasteiger partial charge in [0.2, 0.25) is 23.6 Å². The summed E-state index contributed by atoms with van der Waals surface area (Å²) in [4.78, 5) is 133. The lowest BCUT2D eigenvalue weighted by Gasteiger charge is -2.29. The number of methoxy groups -OCH3 is 1. The smallest absolute Gasteiger partial charge is 0.408 e. The summed E-state index contributed by atoms with van der Waals surface area (Å²) >= 11 is 2.98. The van der Waals surface area contributed by atoms with Crippen molar-refractivity contribution >= 4 is 102 Å². The van der Waals surface area contributed by atoms with Crippen LogP contribution < -0.4 is 45.7 Å². The molecule has 29 heteroatoms. The van der Waals surface area contributed by atoms with Gasteiger partial charge in [-0.3, -0.25) is 19.2 Å². The zero-order valence-electron chi connectivity index (χ0n) is 62.1. The molecule has 6 aromatic rings. The molecule has 4 saturated carbocycles. The average Bonchev–Trinajstić information content (AvgIpc) is 1.58. The Morgan fingerprint density at radius 3 is 1.53 bits per heavy atom. The molecule has 27 nitrogen and oxygen atoms in total. The number of anilines is 2. The number of aromatic nitrogens is 4. The van der Waals surface area contributed by atoms with Crippen LogP contribution in [0.3, 0.4) is 0 Å². The van der Waals surface area contributed by atoms with Crippen molar-refractivity contribution in [2.24, 2.45) is 11.8 Å². The fourth-order valence-electron chi connectivity index (χ4n) is 15.7. The van der Waals surface area contributed by atoms with E-state index in [9.17, 15) is 48.6 Å². The second-order valence-electron chi connectivity index (χ2n) is 30.4. The van der Waals surface area contributed by atoms with Gasteiger partial charge in [0.05, 0.1) is 42.6 Å². The minimum atomic E-state index is -1.45. The Labute approximate surface area is 635 Å². The van der Waals surface area contributed by atoms with Gasteiger partial charge in [0, 0.05) is 84.5 Å². The fourth-order valence-corrected chi connectivity index (χ4v) is 17.3. The van der Waals surface area contributed by atoms with Gasteiger partial charge < -0.3 is 75.2 Å². The molecular formula is C79H98N12O15S2. The van der Waals surface area contributed by atoms with Gasteiger partial charge in [0.1, 0.15) is 88.3 Å². The number of nitrogens with one attached hydrogen (secondary N) is 5. The minimum Gasteiger partial charge on any atom is -0.497 e. The van der Waals surface area contributed by atoms with E-state index in [1.54, 1.807) is 7.11 Å². The number of carboxylic acid groups (broad SMARTS) is 2. The molecule has 0 spiro atoms. The summed E-state index contributed by atoms with van der Waals surface area (Å²) in [6.07, 6.45) is 19.6. The van der Waals surface area contributed by atoms with Crippen LogP contribution in [0.25, 0.3) is 44.6 Å². The van der Waals surface area contributed by atoms with E-state index < -0.39 is 95.2 Å². The molecule has 0 unspecified atom stereocenters. The fraction of sp³-hybridized carbons (Fsp3) is 0.544. The third-order valence-electron chi connectivity index (χ3n) is 21.8. The van der Waals surface area contributed by atoms with E-state index in [4.69, 9.17) is 43.6 Å². The molecule has 2 saturated heterocycles. The number of aliphatic carboxylic acids is 2. The Morgan fingerprint density at radius 2 is 1.06 bits per heavy atom. The molecular weight excluding hydrogens is 1420 g/mol. The van der Waals surface area contributed by atoms with Crippen molar-refractivity contribution < 1.29 is 72.3 Å². The third kappa shape index (κ3) is 17.7. The lowest BCUT2D eigenvalue weighted by Crippen LogP contribution is -2.56. The molecule has 4 aromatic heterocycles. The number of carbonyl (C=O) groups is 8. The number of hydrogen-bond acceptors (Lipinski definition) is 21. The van der Waals surface area contributed by atoms with Crippen molar-refractivity contribution in [2.75, 3.05) is 44.5 Å². The maximum atomic E-state index is 14.5. The SMILES string of the molecule is COc1ccc2c(O[C@@H]3C[C@H]4C(=O)N[C@]5(C(=O)O)C[C@H]5/C=C\CCCCC[C@H](NC(=O)OC5CCCC5)C(=O)N4C3)cc(-c3csc(NC(C)C)n3)nc2c1.Cc1ccc2c(O[C@@H]3C[C@H]4C(=O)N[C@]5(C(=O)O)C[C@H]5/C=C\CCCCC[C@H](NC(=O)OC5CCCC5)C(=O)N4C3)cc(-c3csc(N(C)C)n3)nc2c1. The summed E-state index contributed by atoms with van der Waals surface area (Å²) in [7, 11) is 5.44. The van der Waals surface area contributed by atoms with Gasteiger partial charge in [-0.15, -0.1) is 22.7 Å². The molecule has 6 amide bonds. The quantitative estimate of drug-likeness (QED) is 0.0443. The Morgan fingerprint density at radius 1 is 0.583 bits per heavy atom. The van der Waals surface area contributed by atoms with Crippen molar-refractivity contribution in [3.05, 3.63) is 89.2 Å². The average molecular weight is 1520 g/mol. The van der Waals surface area contributed by atoms with Gasteiger partial charge in [-0.05, 0) is 153 Å². The topological polar surface area (TPSA) is 345 Å². The van der Waals surface area contributed by atoms with Crippen LogP contribution in [-0.4, -0.2) is 188 Å². The Kier molecular flexibility index (Phi) is 23.7. The number of thiazole rings is 2. The number of benzene rings is 2. The molecule has 8 aliphatic rings. The first kappa shape index (κ1) is 76.6. The van der Waals surface area contributed by atoms with E-state index in [1.807, 2.05) is 123 Å². The van der Waals surface area contributed by atoms with Crippen LogP contribution in [0.1, 0.15) is 161 Å². The number of allylic oxidation sites excluding steroid dienone is 2. The Hall–Kier alpha value is -9.64. The van der Waals surface area contributed by atoms with Gasteiger partial charge in [0.15, 0.2) is 10.3 Å². The first-order chi connectivity index (χ1) is 52.0. The summed E-state index contributed by atoms with van der Waals surface area (Å²) in [5.41, 5.74) is 2.04. The van der Waals surface area contributed by atoms with Gasteiger partial charge in [-0.2, -0.15) is 0 Å². The van der Waals surface area contributed by atoms with Crippen LogP contribution in [0.15, 0.2) is 83.6 Å². The van der Waals surface area contributed by atoms with E-state index >= 15 is 0 Å². The zero-order chi connectivity index (χ0) is 76.0. The number of carbonyl (C=O) groups excluding carboxylic acids is 6. The number of rotatable bonds is 16. The molecule has 0 bridgehead atoms. The molecule has 0 radical (unpaired) electrons. The Bertz CT molecular complexity index is 4400. The number of ether oxygens (including phenoxy) is 5. The number of fused-ring (bicyclic) bond motifs is 6. The number of pyridine rings is 2. The van der Waals surface area contributed by atoms with E-state index in [-0.39, 0.29) is 68.9 Å². The van der Waals surface area contributed by atoms with Crippen LogP contribution in [0.4, 0.5) is 19.9 Å². The largest absolute Gasteiger partial charge is 0.497 e. The summed E-state index contributed by atoms with van der Waals surface area (Å²) in [6, 6.07) is 11.3. The van der Waals surface area contributed by atoms with Crippen LogP contribution in [0, 0.1) is 18.8 Å². The highest BCUT2D eigenvalue weighted by Crippen LogP contribution is 2.48. The molecule has 576 valence electrons. The molecule has 8 heterocycles. The number of alkyl carbamates (subject to hydrolysis) is 2. The highest BCUT2D eigenvalue weighted by atomic mass is 32.1. The van der Waals surface area contributed by atoms with E-state index in [0.717, 1.165) is 117 Å². The van der Waals surface area contributed by atoms with Crippen LogP contribution in [0.5, 0.6) is 17.2 Å².